The summed E-state index contributed by atoms with van der Waals surface area (Å²) in [6.07, 6.45) is -2.23. The first-order valence-corrected chi connectivity index (χ1v) is 7.99. The van der Waals surface area contributed by atoms with E-state index in [1.807, 2.05) is 0 Å². The van der Waals surface area contributed by atoms with Gasteiger partial charge in [-0.2, -0.15) is 13.2 Å². The molecule has 6 nitrogen and oxygen atoms in total. The van der Waals surface area contributed by atoms with E-state index in [0.717, 1.165) is 18.3 Å². The molecule has 0 bridgehead atoms. The number of nitrogens with one attached hydrogen (secondary N) is 1. The second-order valence-electron chi connectivity index (χ2n) is 5.73. The molecule has 3 rings (SSSR count). The minimum Gasteiger partial charge on any atom is -0.472 e. The van der Waals surface area contributed by atoms with Crippen LogP contribution in [0.3, 0.4) is 0 Å². The number of aromatic amines is 1. The molecule has 2 aromatic heterocycles. The van der Waals surface area contributed by atoms with Gasteiger partial charge in [-0.05, 0) is 12.1 Å². The average Bonchev–Trinajstić information content (AvgIpc) is 3.04. The fraction of sp³-hybridized carbons (Fsp3) is 0.312. The highest BCUT2D eigenvalue weighted by atomic mass is 35.5. The fourth-order valence-electron chi connectivity index (χ4n) is 2.59. The maximum absolute atomic E-state index is 12.7. The smallest absolute Gasteiger partial charge is 0.416 e. The predicted octanol–water partition coefficient (Wildman–Crippen LogP) is 2.74. The van der Waals surface area contributed by atoms with E-state index in [0.29, 0.717) is 13.0 Å². The molecule has 0 spiro atoms. The van der Waals surface area contributed by atoms with Crippen LogP contribution in [-0.2, 0) is 6.18 Å². The Bertz CT molecular complexity index is 885. The van der Waals surface area contributed by atoms with Gasteiger partial charge in [0.1, 0.15) is 11.1 Å². The van der Waals surface area contributed by atoms with Gasteiger partial charge in [0.15, 0.2) is 0 Å². The number of hydrogen-bond donors (Lipinski definition) is 1. The summed E-state index contributed by atoms with van der Waals surface area (Å²) >= 11 is 5.71. The Morgan fingerprint density at radius 1 is 1.38 bits per heavy atom. The number of aromatic nitrogens is 2. The van der Waals surface area contributed by atoms with Crippen molar-refractivity contribution < 1.29 is 22.7 Å². The van der Waals surface area contributed by atoms with Crippen LogP contribution in [0.15, 0.2) is 35.4 Å². The number of ether oxygens (including phenoxy) is 1. The first-order chi connectivity index (χ1) is 12.2. The minimum atomic E-state index is -4.48. The zero-order valence-corrected chi connectivity index (χ0v) is 14.0. The molecule has 1 saturated heterocycles. The summed E-state index contributed by atoms with van der Waals surface area (Å²) in [6.45, 7) is 0.548. The van der Waals surface area contributed by atoms with Gasteiger partial charge in [-0.1, -0.05) is 11.6 Å². The van der Waals surface area contributed by atoms with Crippen LogP contribution >= 0.6 is 11.6 Å². The van der Waals surface area contributed by atoms with Gasteiger partial charge in [-0.3, -0.25) is 9.59 Å². The van der Waals surface area contributed by atoms with Gasteiger partial charge >= 0.3 is 6.18 Å². The maximum atomic E-state index is 12.7. The normalized spacial score (nSPS) is 17.4. The summed E-state index contributed by atoms with van der Waals surface area (Å²) in [6, 6.07) is 2.95. The maximum Gasteiger partial charge on any atom is 0.416 e. The summed E-state index contributed by atoms with van der Waals surface area (Å²) in [5.74, 6) is -0.502. The van der Waals surface area contributed by atoms with E-state index in [1.165, 1.54) is 17.2 Å². The Labute approximate surface area is 150 Å². The Kier molecular flexibility index (Phi) is 4.90. The molecule has 3 heterocycles. The molecule has 10 heteroatoms. The number of carbonyl (C=O) groups is 1. The fourth-order valence-corrected chi connectivity index (χ4v) is 2.76. The SMILES string of the molecule is O=C(c1c[nH]c(=O)c(Cl)c1)N1CC[C@@H](Oc2cc(C(F)(F)F)ccn2)C1. The van der Waals surface area contributed by atoms with E-state index in [1.54, 1.807) is 0 Å². The van der Waals surface area contributed by atoms with Crippen LogP contribution in [0.25, 0.3) is 0 Å². The molecule has 0 radical (unpaired) electrons. The van der Waals surface area contributed by atoms with Crippen molar-refractivity contribution >= 4 is 17.5 Å². The molecule has 1 N–H and O–H groups in total. The third-order valence-corrected chi connectivity index (χ3v) is 4.17. The zero-order valence-electron chi connectivity index (χ0n) is 13.2. The van der Waals surface area contributed by atoms with Crippen LogP contribution in [0.5, 0.6) is 5.88 Å². The molecule has 2 aromatic rings. The van der Waals surface area contributed by atoms with Crippen molar-refractivity contribution in [3.8, 4) is 5.88 Å². The Balaban J connectivity index is 1.66. The van der Waals surface area contributed by atoms with Gasteiger partial charge in [0.25, 0.3) is 11.5 Å². The third kappa shape index (κ3) is 3.98. The molecule has 0 aromatic carbocycles. The topological polar surface area (TPSA) is 75.3 Å². The third-order valence-electron chi connectivity index (χ3n) is 3.89. The van der Waals surface area contributed by atoms with Crippen molar-refractivity contribution in [2.75, 3.05) is 13.1 Å². The molecule has 0 aliphatic carbocycles. The monoisotopic (exact) mass is 387 g/mol. The molecule has 1 aliphatic rings. The van der Waals surface area contributed by atoms with Gasteiger partial charge in [0.2, 0.25) is 5.88 Å². The van der Waals surface area contributed by atoms with Crippen LogP contribution in [0.2, 0.25) is 5.02 Å². The largest absolute Gasteiger partial charge is 0.472 e. The first-order valence-electron chi connectivity index (χ1n) is 7.61. The summed E-state index contributed by atoms with van der Waals surface area (Å²) in [4.78, 5) is 31.3. The first kappa shape index (κ1) is 18.2. The van der Waals surface area contributed by atoms with Crippen molar-refractivity contribution in [2.24, 2.45) is 0 Å². The Hall–Kier alpha value is -2.55. The summed E-state index contributed by atoms with van der Waals surface area (Å²) in [7, 11) is 0. The summed E-state index contributed by atoms with van der Waals surface area (Å²) in [5, 5.41) is -0.101. The van der Waals surface area contributed by atoms with E-state index in [-0.39, 0.29) is 28.9 Å². The number of carbonyl (C=O) groups excluding carboxylic acids is 1. The number of likely N-dealkylation sites (tertiary alicyclic amines) is 1. The number of alkyl halides is 3. The van der Waals surface area contributed by atoms with Crippen molar-refractivity contribution in [1.82, 2.24) is 14.9 Å². The molecular formula is C16H13ClF3N3O3. The van der Waals surface area contributed by atoms with Crippen LogP contribution in [0.4, 0.5) is 13.2 Å². The van der Waals surface area contributed by atoms with E-state index >= 15 is 0 Å². The van der Waals surface area contributed by atoms with Crippen LogP contribution in [-0.4, -0.2) is 40.0 Å². The zero-order chi connectivity index (χ0) is 18.9. The highest BCUT2D eigenvalue weighted by molar-refractivity contribution is 6.30. The van der Waals surface area contributed by atoms with Crippen molar-refractivity contribution in [2.45, 2.75) is 18.7 Å². The molecule has 1 fully saturated rings. The highest BCUT2D eigenvalue weighted by Crippen LogP contribution is 2.31. The van der Waals surface area contributed by atoms with Crippen LogP contribution in [0, 0.1) is 0 Å². The molecule has 1 aliphatic heterocycles. The second kappa shape index (κ2) is 6.99. The van der Waals surface area contributed by atoms with Crippen molar-refractivity contribution in [1.29, 1.82) is 0 Å². The number of pyridine rings is 2. The van der Waals surface area contributed by atoms with Crippen molar-refractivity contribution in [3.05, 3.63) is 57.1 Å². The average molecular weight is 388 g/mol. The van der Waals surface area contributed by atoms with Gasteiger partial charge in [-0.15, -0.1) is 0 Å². The minimum absolute atomic E-state index is 0.101. The Morgan fingerprint density at radius 2 is 2.15 bits per heavy atom. The second-order valence-corrected chi connectivity index (χ2v) is 6.13. The number of rotatable bonds is 3. The molecule has 1 amide bonds. The molecule has 0 saturated carbocycles. The lowest BCUT2D eigenvalue weighted by Crippen LogP contribution is -2.31. The molecule has 26 heavy (non-hydrogen) atoms. The quantitative estimate of drug-likeness (QED) is 0.878. The lowest BCUT2D eigenvalue weighted by atomic mass is 10.2. The number of H-pyrrole nitrogens is 1. The highest BCUT2D eigenvalue weighted by Gasteiger charge is 2.32. The Morgan fingerprint density at radius 3 is 2.85 bits per heavy atom. The van der Waals surface area contributed by atoms with Crippen molar-refractivity contribution in [3.63, 3.8) is 0 Å². The van der Waals surface area contributed by atoms with E-state index in [9.17, 15) is 22.8 Å². The van der Waals surface area contributed by atoms with Crippen LogP contribution in [0.1, 0.15) is 22.3 Å². The molecule has 0 unspecified atom stereocenters. The van der Waals surface area contributed by atoms with E-state index < -0.39 is 23.4 Å². The lowest BCUT2D eigenvalue weighted by Gasteiger charge is -2.17. The standard InChI is InChI=1S/C16H13ClF3N3O3/c17-12-5-9(7-22-14(12)24)15(25)23-4-2-11(8-23)26-13-6-10(1-3-21-13)16(18,19)20/h1,3,5-7,11H,2,4,8H2,(H,22,24)/t11-/m1/s1. The van der Waals surface area contributed by atoms with Gasteiger partial charge in [-0.25, -0.2) is 4.98 Å². The van der Waals surface area contributed by atoms with E-state index in [4.69, 9.17) is 16.3 Å². The predicted molar refractivity (Wildman–Crippen MR) is 86.2 cm³/mol. The van der Waals surface area contributed by atoms with E-state index in [2.05, 4.69) is 9.97 Å². The number of nitrogens with zero attached hydrogens (tertiary/aromatic N) is 2. The number of amides is 1. The van der Waals surface area contributed by atoms with Crippen LogP contribution < -0.4 is 10.3 Å². The number of halogens is 4. The molecule has 1 atom stereocenters. The summed E-state index contributed by atoms with van der Waals surface area (Å²) < 4.78 is 43.7. The summed E-state index contributed by atoms with van der Waals surface area (Å²) in [5.41, 5.74) is -1.13. The molecule has 138 valence electrons. The lowest BCUT2D eigenvalue weighted by molar-refractivity contribution is -0.137. The van der Waals surface area contributed by atoms with Gasteiger partial charge < -0.3 is 14.6 Å². The van der Waals surface area contributed by atoms with Gasteiger partial charge in [0, 0.05) is 31.4 Å². The molecular weight excluding hydrogens is 375 g/mol. The number of hydrogen-bond acceptors (Lipinski definition) is 4. The van der Waals surface area contributed by atoms with Gasteiger partial charge in [0.05, 0.1) is 17.7 Å².